The van der Waals surface area contributed by atoms with E-state index in [1.54, 1.807) is 10.6 Å². The molecule has 0 unspecified atom stereocenters. The molecule has 0 atom stereocenters. The quantitative estimate of drug-likeness (QED) is 0.462. The summed E-state index contributed by atoms with van der Waals surface area (Å²) in [7, 11) is 0. The fourth-order valence-corrected chi connectivity index (χ4v) is 5.29. The minimum Gasteiger partial charge on any atom is -0.480 e. The first kappa shape index (κ1) is 21.2. The van der Waals surface area contributed by atoms with Crippen LogP contribution in [0.5, 0.6) is 0 Å². The van der Waals surface area contributed by atoms with Crippen LogP contribution in [0.2, 0.25) is 0 Å². The van der Waals surface area contributed by atoms with Crippen LogP contribution in [0.15, 0.2) is 60.7 Å². The minimum absolute atomic E-state index is 0.0290. The molecule has 0 radical (unpaired) electrons. The monoisotopic (exact) mass is 444 g/mol. The zero-order valence-electron chi connectivity index (χ0n) is 18.4. The lowest BCUT2D eigenvalue weighted by Gasteiger charge is -2.33. The standard InChI is InChI=1S/C27H25FN2O3/c1-17-26(23-15-20(28)9-10-24(23)30(17)16-25(31)32)19-11-13-29(14-12-19)27(33)22-8-4-6-18-5-2-3-7-21(18)22/h2-10,15,19H,11-14,16H2,1H3,(H,31,32). The third kappa shape index (κ3) is 3.75. The molecule has 5 nitrogen and oxygen atoms in total. The first-order valence-electron chi connectivity index (χ1n) is 11.2. The van der Waals surface area contributed by atoms with E-state index >= 15 is 0 Å². The van der Waals surface area contributed by atoms with Gasteiger partial charge in [0.05, 0.1) is 0 Å². The fraction of sp³-hybridized carbons (Fsp3) is 0.259. The molecular formula is C27H25FN2O3. The Morgan fingerprint density at radius 3 is 2.48 bits per heavy atom. The van der Waals surface area contributed by atoms with Crippen LogP contribution in [0.1, 0.15) is 40.4 Å². The summed E-state index contributed by atoms with van der Waals surface area (Å²) in [6, 6.07) is 18.2. The maximum absolute atomic E-state index is 14.1. The van der Waals surface area contributed by atoms with E-state index in [0.29, 0.717) is 18.7 Å². The summed E-state index contributed by atoms with van der Waals surface area (Å²) in [5.74, 6) is -1.09. The van der Waals surface area contributed by atoms with Crippen molar-refractivity contribution < 1.29 is 19.1 Å². The lowest BCUT2D eigenvalue weighted by molar-refractivity contribution is -0.137. The molecule has 6 heteroatoms. The highest BCUT2D eigenvalue weighted by Gasteiger charge is 2.29. The number of fused-ring (bicyclic) bond motifs is 2. The van der Waals surface area contributed by atoms with Gasteiger partial charge in [0, 0.05) is 35.2 Å². The predicted octanol–water partition coefficient (Wildman–Crippen LogP) is 5.35. The maximum Gasteiger partial charge on any atom is 0.323 e. The second-order valence-electron chi connectivity index (χ2n) is 8.73. The fourth-order valence-electron chi connectivity index (χ4n) is 5.29. The number of hydrogen-bond acceptors (Lipinski definition) is 2. The third-order valence-electron chi connectivity index (χ3n) is 6.84. The van der Waals surface area contributed by atoms with Crippen LogP contribution in [0.3, 0.4) is 0 Å². The second-order valence-corrected chi connectivity index (χ2v) is 8.73. The molecule has 5 rings (SSSR count). The number of rotatable bonds is 4. The summed E-state index contributed by atoms with van der Waals surface area (Å²) in [6.07, 6.45) is 1.50. The van der Waals surface area contributed by atoms with Gasteiger partial charge >= 0.3 is 5.97 Å². The molecule has 0 aliphatic carbocycles. The average Bonchev–Trinajstić information content (AvgIpc) is 3.08. The lowest BCUT2D eigenvalue weighted by atomic mass is 9.87. The Kier molecular flexibility index (Phi) is 5.36. The Morgan fingerprint density at radius 1 is 1.00 bits per heavy atom. The Balaban J connectivity index is 1.42. The van der Waals surface area contributed by atoms with Crippen molar-refractivity contribution in [3.05, 3.63) is 83.3 Å². The minimum atomic E-state index is -0.929. The van der Waals surface area contributed by atoms with E-state index in [1.807, 2.05) is 54.3 Å². The van der Waals surface area contributed by atoms with Crippen LogP contribution in [-0.4, -0.2) is 39.5 Å². The molecule has 1 amide bonds. The molecule has 1 aromatic heterocycles. The lowest BCUT2D eigenvalue weighted by Crippen LogP contribution is -2.38. The van der Waals surface area contributed by atoms with Crippen LogP contribution in [-0.2, 0) is 11.3 Å². The summed E-state index contributed by atoms with van der Waals surface area (Å²) in [5, 5.41) is 12.1. The van der Waals surface area contributed by atoms with Crippen molar-refractivity contribution in [1.82, 2.24) is 9.47 Å². The summed E-state index contributed by atoms with van der Waals surface area (Å²) in [5.41, 5.74) is 3.31. The Labute approximate surface area is 191 Å². The van der Waals surface area contributed by atoms with Gasteiger partial charge in [0.25, 0.3) is 5.91 Å². The first-order valence-corrected chi connectivity index (χ1v) is 11.2. The SMILES string of the molecule is Cc1c(C2CCN(C(=O)c3cccc4ccccc34)CC2)c2cc(F)ccc2n1CC(=O)O. The summed E-state index contributed by atoms with van der Waals surface area (Å²) in [4.78, 5) is 26.6. The number of likely N-dealkylation sites (tertiary alicyclic amines) is 1. The molecule has 0 spiro atoms. The predicted molar refractivity (Wildman–Crippen MR) is 126 cm³/mol. The summed E-state index contributed by atoms with van der Waals surface area (Å²) in [6.45, 7) is 2.95. The number of piperidine rings is 1. The summed E-state index contributed by atoms with van der Waals surface area (Å²) < 4.78 is 15.8. The zero-order chi connectivity index (χ0) is 23.1. The van der Waals surface area contributed by atoms with Gasteiger partial charge in [0.2, 0.25) is 0 Å². The number of carbonyl (C=O) groups is 2. The van der Waals surface area contributed by atoms with Crippen LogP contribution in [0.4, 0.5) is 4.39 Å². The zero-order valence-corrected chi connectivity index (χ0v) is 18.4. The van der Waals surface area contributed by atoms with Crippen LogP contribution in [0, 0.1) is 12.7 Å². The Bertz CT molecular complexity index is 1380. The van der Waals surface area contributed by atoms with Gasteiger partial charge in [-0.2, -0.15) is 0 Å². The Morgan fingerprint density at radius 2 is 1.73 bits per heavy atom. The molecule has 1 aliphatic heterocycles. The molecule has 2 heterocycles. The number of carboxylic acid groups (broad SMARTS) is 1. The molecule has 1 aliphatic rings. The van der Waals surface area contributed by atoms with E-state index in [2.05, 4.69) is 0 Å². The third-order valence-corrected chi connectivity index (χ3v) is 6.84. The van der Waals surface area contributed by atoms with Crippen molar-refractivity contribution in [2.75, 3.05) is 13.1 Å². The van der Waals surface area contributed by atoms with Crippen molar-refractivity contribution in [2.24, 2.45) is 0 Å². The molecule has 0 bridgehead atoms. The molecular weight excluding hydrogens is 419 g/mol. The van der Waals surface area contributed by atoms with Crippen molar-refractivity contribution >= 4 is 33.6 Å². The first-order chi connectivity index (χ1) is 15.9. The topological polar surface area (TPSA) is 62.5 Å². The number of hydrogen-bond donors (Lipinski definition) is 1. The summed E-state index contributed by atoms with van der Waals surface area (Å²) >= 11 is 0. The van der Waals surface area contributed by atoms with Gasteiger partial charge in [-0.1, -0.05) is 36.4 Å². The van der Waals surface area contributed by atoms with E-state index in [9.17, 15) is 19.1 Å². The molecule has 33 heavy (non-hydrogen) atoms. The van der Waals surface area contributed by atoms with Gasteiger partial charge in [-0.25, -0.2) is 4.39 Å². The van der Waals surface area contributed by atoms with Gasteiger partial charge in [-0.05, 0) is 66.3 Å². The second kappa shape index (κ2) is 8.35. The van der Waals surface area contributed by atoms with Crippen molar-refractivity contribution in [2.45, 2.75) is 32.2 Å². The Hall–Kier alpha value is -3.67. The molecule has 4 aromatic rings. The van der Waals surface area contributed by atoms with Crippen LogP contribution >= 0.6 is 0 Å². The van der Waals surface area contributed by atoms with Gasteiger partial charge in [-0.15, -0.1) is 0 Å². The van der Waals surface area contributed by atoms with Gasteiger partial charge < -0.3 is 14.6 Å². The number of benzene rings is 3. The largest absolute Gasteiger partial charge is 0.480 e. The number of aliphatic carboxylic acids is 1. The van der Waals surface area contributed by atoms with Crippen molar-refractivity contribution in [3.63, 3.8) is 0 Å². The van der Waals surface area contributed by atoms with E-state index < -0.39 is 5.97 Å². The smallest absolute Gasteiger partial charge is 0.323 e. The number of halogens is 1. The average molecular weight is 445 g/mol. The molecule has 0 saturated carbocycles. The molecule has 168 valence electrons. The molecule has 1 N–H and O–H groups in total. The number of nitrogens with zero attached hydrogens (tertiary/aromatic N) is 2. The van der Waals surface area contributed by atoms with E-state index in [-0.39, 0.29) is 24.2 Å². The van der Waals surface area contributed by atoms with E-state index in [0.717, 1.165) is 45.8 Å². The number of carbonyl (C=O) groups excluding carboxylic acids is 1. The molecule has 1 fully saturated rings. The normalized spacial score (nSPS) is 14.8. The highest BCUT2D eigenvalue weighted by molar-refractivity contribution is 6.07. The van der Waals surface area contributed by atoms with Crippen molar-refractivity contribution in [1.29, 1.82) is 0 Å². The van der Waals surface area contributed by atoms with E-state index in [4.69, 9.17) is 0 Å². The molecule has 1 saturated heterocycles. The maximum atomic E-state index is 14.1. The molecule has 3 aromatic carbocycles. The number of aromatic nitrogens is 1. The van der Waals surface area contributed by atoms with Gasteiger partial charge in [-0.3, -0.25) is 9.59 Å². The number of carboxylic acids is 1. The van der Waals surface area contributed by atoms with E-state index in [1.165, 1.54) is 12.1 Å². The van der Waals surface area contributed by atoms with Gasteiger partial charge in [0.15, 0.2) is 0 Å². The highest BCUT2D eigenvalue weighted by atomic mass is 19.1. The van der Waals surface area contributed by atoms with Crippen molar-refractivity contribution in [3.8, 4) is 0 Å². The highest BCUT2D eigenvalue weighted by Crippen LogP contribution is 2.38. The van der Waals surface area contributed by atoms with Gasteiger partial charge in [0.1, 0.15) is 12.4 Å². The van der Waals surface area contributed by atoms with Crippen LogP contribution in [0.25, 0.3) is 21.7 Å². The van der Waals surface area contributed by atoms with Crippen LogP contribution < -0.4 is 0 Å². The number of amides is 1.